The van der Waals surface area contributed by atoms with Gasteiger partial charge in [-0.2, -0.15) is 0 Å². The maximum Gasteiger partial charge on any atom is 0.141 e. The predicted octanol–water partition coefficient (Wildman–Crippen LogP) is 5.15. The molecular weight excluding hydrogens is 348 g/mol. The third-order valence-electron chi connectivity index (χ3n) is 4.79. The van der Waals surface area contributed by atoms with Crippen LogP contribution in [-0.4, -0.2) is 21.7 Å². The Bertz CT molecular complexity index is 946. The summed E-state index contributed by atoms with van der Waals surface area (Å²) in [5.41, 5.74) is 4.89. The van der Waals surface area contributed by atoms with Crippen LogP contribution in [0.5, 0.6) is 5.75 Å². The fraction of sp³-hybridized carbons (Fsp3) is 0.300. The first-order valence-corrected chi connectivity index (χ1v) is 9.46. The summed E-state index contributed by atoms with van der Waals surface area (Å²) in [7, 11) is 0. The van der Waals surface area contributed by atoms with Crippen LogP contribution >= 0.6 is 11.3 Å². The fourth-order valence-electron chi connectivity index (χ4n) is 3.39. The van der Waals surface area contributed by atoms with Crippen molar-refractivity contribution in [2.75, 3.05) is 0 Å². The molecule has 0 bridgehead atoms. The monoisotopic (exact) mass is 368 g/mol. The number of aromatic nitrogens is 1. The molecule has 0 unspecified atom stereocenters. The SMILES string of the molecule is Cc1noc(C)c1-c1c(/C=N/O)sc(CC2CC2)c1-c1ccc(O)cc1. The van der Waals surface area contributed by atoms with Crippen molar-refractivity contribution in [2.45, 2.75) is 33.1 Å². The topological polar surface area (TPSA) is 78.9 Å². The number of thiophene rings is 1. The molecule has 2 N–H and O–H groups in total. The fourth-order valence-corrected chi connectivity index (χ4v) is 4.70. The van der Waals surface area contributed by atoms with Gasteiger partial charge < -0.3 is 14.8 Å². The highest BCUT2D eigenvalue weighted by Gasteiger charge is 2.29. The van der Waals surface area contributed by atoms with E-state index in [4.69, 9.17) is 4.52 Å². The molecule has 26 heavy (non-hydrogen) atoms. The van der Waals surface area contributed by atoms with E-state index in [0.29, 0.717) is 0 Å². The number of nitrogens with zero attached hydrogens (tertiary/aromatic N) is 2. The summed E-state index contributed by atoms with van der Waals surface area (Å²) in [5.74, 6) is 1.70. The zero-order valence-corrected chi connectivity index (χ0v) is 15.5. The van der Waals surface area contributed by atoms with Crippen molar-refractivity contribution >= 4 is 17.6 Å². The molecule has 0 amide bonds. The molecule has 0 spiro atoms. The molecule has 0 radical (unpaired) electrons. The zero-order valence-electron chi connectivity index (χ0n) is 14.7. The molecule has 1 fully saturated rings. The standard InChI is InChI=1S/C20H20N2O3S/c1-11-18(12(2)25-22-11)20-17(10-21-24)26-16(9-13-3-4-13)19(20)14-5-7-15(23)8-6-14/h5-8,10,13,23-24H,3-4,9H2,1-2H3/b21-10+. The molecule has 134 valence electrons. The van der Waals surface area contributed by atoms with Gasteiger partial charge in [0.25, 0.3) is 0 Å². The Morgan fingerprint density at radius 2 is 1.92 bits per heavy atom. The number of rotatable bonds is 5. The minimum Gasteiger partial charge on any atom is -0.508 e. The van der Waals surface area contributed by atoms with Gasteiger partial charge in [-0.3, -0.25) is 0 Å². The molecule has 0 atom stereocenters. The predicted molar refractivity (Wildman–Crippen MR) is 102 cm³/mol. The highest BCUT2D eigenvalue weighted by molar-refractivity contribution is 7.15. The first kappa shape index (κ1) is 16.8. The normalized spacial score (nSPS) is 14.4. The van der Waals surface area contributed by atoms with Gasteiger partial charge in [0.2, 0.25) is 0 Å². The van der Waals surface area contributed by atoms with Crippen molar-refractivity contribution in [1.82, 2.24) is 5.16 Å². The zero-order chi connectivity index (χ0) is 18.3. The van der Waals surface area contributed by atoms with Crippen LogP contribution in [0.3, 0.4) is 0 Å². The average molecular weight is 368 g/mol. The quantitative estimate of drug-likeness (QED) is 0.371. The number of phenolic OH excluding ortho intramolecular Hbond substituents is 1. The molecule has 0 aliphatic heterocycles. The van der Waals surface area contributed by atoms with Crippen LogP contribution in [0, 0.1) is 19.8 Å². The van der Waals surface area contributed by atoms with Crippen LogP contribution in [0.2, 0.25) is 0 Å². The molecule has 1 aromatic carbocycles. The summed E-state index contributed by atoms with van der Waals surface area (Å²) in [6.45, 7) is 3.82. The van der Waals surface area contributed by atoms with Gasteiger partial charge in [0.05, 0.1) is 16.8 Å². The highest BCUT2D eigenvalue weighted by atomic mass is 32.1. The van der Waals surface area contributed by atoms with E-state index < -0.39 is 0 Å². The van der Waals surface area contributed by atoms with E-state index in [2.05, 4.69) is 10.3 Å². The van der Waals surface area contributed by atoms with Crippen molar-refractivity contribution in [3.05, 3.63) is 45.5 Å². The Kier molecular flexibility index (Phi) is 4.28. The van der Waals surface area contributed by atoms with Crippen molar-refractivity contribution in [3.63, 3.8) is 0 Å². The minimum atomic E-state index is 0.240. The van der Waals surface area contributed by atoms with E-state index in [0.717, 1.165) is 50.9 Å². The second-order valence-corrected chi connectivity index (χ2v) is 7.91. The molecule has 0 saturated heterocycles. The van der Waals surface area contributed by atoms with Gasteiger partial charge in [-0.05, 0) is 56.7 Å². The van der Waals surface area contributed by atoms with E-state index >= 15 is 0 Å². The van der Waals surface area contributed by atoms with Crippen LogP contribution in [0.25, 0.3) is 22.3 Å². The Balaban J connectivity index is 2.00. The van der Waals surface area contributed by atoms with Gasteiger partial charge in [-0.15, -0.1) is 11.3 Å². The number of aryl methyl sites for hydroxylation is 2. The molecule has 2 aromatic heterocycles. The highest BCUT2D eigenvalue weighted by Crippen LogP contribution is 2.47. The van der Waals surface area contributed by atoms with Crippen molar-refractivity contribution in [2.24, 2.45) is 11.1 Å². The number of benzene rings is 1. The van der Waals surface area contributed by atoms with E-state index in [1.807, 2.05) is 26.0 Å². The van der Waals surface area contributed by atoms with E-state index in [-0.39, 0.29) is 5.75 Å². The second-order valence-electron chi connectivity index (χ2n) is 6.78. The Morgan fingerprint density at radius 1 is 1.19 bits per heavy atom. The maximum atomic E-state index is 9.68. The largest absolute Gasteiger partial charge is 0.508 e. The Hall–Kier alpha value is -2.60. The maximum absolute atomic E-state index is 9.68. The van der Waals surface area contributed by atoms with Gasteiger partial charge in [-0.1, -0.05) is 22.4 Å². The Labute approximate surface area is 155 Å². The van der Waals surface area contributed by atoms with E-state index in [1.165, 1.54) is 23.9 Å². The molecule has 1 aliphatic rings. The molecule has 5 nitrogen and oxygen atoms in total. The Morgan fingerprint density at radius 3 is 2.50 bits per heavy atom. The first-order chi connectivity index (χ1) is 12.6. The number of hydrogen-bond acceptors (Lipinski definition) is 6. The summed E-state index contributed by atoms with van der Waals surface area (Å²) >= 11 is 1.65. The summed E-state index contributed by atoms with van der Waals surface area (Å²) in [6, 6.07) is 7.25. The smallest absolute Gasteiger partial charge is 0.141 e. The van der Waals surface area contributed by atoms with Crippen molar-refractivity contribution < 1.29 is 14.8 Å². The van der Waals surface area contributed by atoms with E-state index in [1.54, 1.807) is 23.5 Å². The van der Waals surface area contributed by atoms with Crippen LogP contribution in [0.15, 0.2) is 33.9 Å². The van der Waals surface area contributed by atoms with E-state index in [9.17, 15) is 10.3 Å². The van der Waals surface area contributed by atoms with Crippen LogP contribution in [0.1, 0.15) is 34.1 Å². The van der Waals surface area contributed by atoms with Crippen LogP contribution < -0.4 is 0 Å². The van der Waals surface area contributed by atoms with Gasteiger partial charge in [0.1, 0.15) is 11.5 Å². The summed E-state index contributed by atoms with van der Waals surface area (Å²) in [4.78, 5) is 2.16. The molecule has 4 rings (SSSR count). The lowest BCUT2D eigenvalue weighted by molar-refractivity contribution is 0.322. The summed E-state index contributed by atoms with van der Waals surface area (Å²) < 4.78 is 5.40. The van der Waals surface area contributed by atoms with Gasteiger partial charge >= 0.3 is 0 Å². The van der Waals surface area contributed by atoms with Crippen LogP contribution in [0.4, 0.5) is 0 Å². The average Bonchev–Trinajstić information content (AvgIpc) is 3.29. The minimum absolute atomic E-state index is 0.240. The van der Waals surface area contributed by atoms with Gasteiger partial charge in [0, 0.05) is 21.6 Å². The third-order valence-corrected chi connectivity index (χ3v) is 5.94. The second kappa shape index (κ2) is 6.61. The molecular formula is C20H20N2O3S. The number of oxime groups is 1. The molecule has 3 aromatic rings. The number of hydrogen-bond donors (Lipinski definition) is 2. The third kappa shape index (κ3) is 3.01. The number of aromatic hydroxyl groups is 1. The lowest BCUT2D eigenvalue weighted by Gasteiger charge is -2.09. The lowest BCUT2D eigenvalue weighted by Crippen LogP contribution is -1.91. The lowest BCUT2D eigenvalue weighted by atomic mass is 9.92. The molecule has 1 saturated carbocycles. The van der Waals surface area contributed by atoms with Gasteiger partial charge in [0.15, 0.2) is 0 Å². The van der Waals surface area contributed by atoms with Crippen LogP contribution in [-0.2, 0) is 6.42 Å². The molecule has 1 aliphatic carbocycles. The van der Waals surface area contributed by atoms with Gasteiger partial charge in [-0.25, -0.2) is 0 Å². The van der Waals surface area contributed by atoms with Crippen molar-refractivity contribution in [1.29, 1.82) is 0 Å². The number of phenols is 1. The molecule has 2 heterocycles. The first-order valence-electron chi connectivity index (χ1n) is 8.64. The van der Waals surface area contributed by atoms with Crippen molar-refractivity contribution in [3.8, 4) is 28.0 Å². The molecule has 6 heteroatoms. The summed E-state index contributed by atoms with van der Waals surface area (Å²) in [6.07, 6.45) is 5.02. The summed E-state index contributed by atoms with van der Waals surface area (Å²) in [5, 5.41) is 26.3.